The standard InChI is InChI=1S/C14H19F3N4O/c1-22-9-8-21-7-4-13(21)3-6-20(10-13)12-18-5-2-11(19-12)14(15,16)17/h2,5H,3-4,6-10H2,1H3. The molecule has 0 saturated carbocycles. The van der Waals surface area contributed by atoms with Crippen LogP contribution >= 0.6 is 0 Å². The molecular formula is C14H19F3N4O. The molecule has 22 heavy (non-hydrogen) atoms. The first kappa shape index (κ1) is 15.5. The summed E-state index contributed by atoms with van der Waals surface area (Å²) in [4.78, 5) is 11.9. The molecule has 1 atom stereocenters. The van der Waals surface area contributed by atoms with Crippen molar-refractivity contribution in [2.24, 2.45) is 0 Å². The third kappa shape index (κ3) is 2.77. The number of rotatable bonds is 4. The Labute approximate surface area is 127 Å². The Morgan fingerprint density at radius 2 is 2.09 bits per heavy atom. The highest BCUT2D eigenvalue weighted by Crippen LogP contribution is 2.40. The summed E-state index contributed by atoms with van der Waals surface area (Å²) in [5, 5.41) is 0. The van der Waals surface area contributed by atoms with E-state index in [4.69, 9.17) is 4.74 Å². The first-order valence-corrected chi connectivity index (χ1v) is 7.34. The van der Waals surface area contributed by atoms with Crippen LogP contribution in [0.4, 0.5) is 19.1 Å². The van der Waals surface area contributed by atoms with E-state index in [2.05, 4.69) is 14.9 Å². The Morgan fingerprint density at radius 1 is 1.32 bits per heavy atom. The average Bonchev–Trinajstić information content (AvgIpc) is 2.93. The number of ether oxygens (including phenoxy) is 1. The number of hydrogen-bond acceptors (Lipinski definition) is 5. The summed E-state index contributed by atoms with van der Waals surface area (Å²) in [7, 11) is 1.67. The Bertz CT molecular complexity index is 539. The summed E-state index contributed by atoms with van der Waals surface area (Å²) in [6.07, 6.45) is -1.27. The lowest BCUT2D eigenvalue weighted by Crippen LogP contribution is -2.62. The van der Waals surface area contributed by atoms with Crippen LogP contribution in [0.3, 0.4) is 0 Å². The number of halogens is 3. The van der Waals surface area contributed by atoms with Gasteiger partial charge in [0.25, 0.3) is 0 Å². The molecule has 0 aromatic carbocycles. The smallest absolute Gasteiger partial charge is 0.383 e. The number of aromatic nitrogens is 2. The van der Waals surface area contributed by atoms with Gasteiger partial charge in [-0.1, -0.05) is 0 Å². The summed E-state index contributed by atoms with van der Waals surface area (Å²) in [5.74, 6) is 0.172. The number of alkyl halides is 3. The third-order valence-corrected chi connectivity index (χ3v) is 4.63. The highest BCUT2D eigenvalue weighted by atomic mass is 19.4. The molecular weight excluding hydrogens is 297 g/mol. The van der Waals surface area contributed by atoms with E-state index < -0.39 is 11.9 Å². The molecule has 3 heterocycles. The maximum Gasteiger partial charge on any atom is 0.433 e. The molecule has 2 aliphatic heterocycles. The largest absolute Gasteiger partial charge is 0.433 e. The minimum atomic E-state index is -4.43. The number of anilines is 1. The van der Waals surface area contributed by atoms with Gasteiger partial charge in [-0.05, 0) is 18.9 Å². The predicted octanol–water partition coefficient (Wildman–Crippen LogP) is 1.80. The molecule has 1 aromatic heterocycles. The maximum atomic E-state index is 12.8. The summed E-state index contributed by atoms with van der Waals surface area (Å²) in [5.41, 5.74) is -0.834. The van der Waals surface area contributed by atoms with E-state index in [9.17, 15) is 13.2 Å². The Hall–Kier alpha value is -1.41. The molecule has 122 valence electrons. The molecule has 1 spiro atoms. The van der Waals surface area contributed by atoms with Crippen molar-refractivity contribution in [3.63, 3.8) is 0 Å². The van der Waals surface area contributed by atoms with Gasteiger partial charge >= 0.3 is 6.18 Å². The van der Waals surface area contributed by atoms with Crippen molar-refractivity contribution in [2.45, 2.75) is 24.6 Å². The quantitative estimate of drug-likeness (QED) is 0.847. The van der Waals surface area contributed by atoms with E-state index in [-0.39, 0.29) is 11.5 Å². The van der Waals surface area contributed by atoms with E-state index in [1.54, 1.807) is 7.11 Å². The van der Waals surface area contributed by atoms with Crippen LogP contribution in [0.5, 0.6) is 0 Å². The van der Waals surface area contributed by atoms with Crippen LogP contribution in [0, 0.1) is 0 Å². The van der Waals surface area contributed by atoms with Crippen molar-refractivity contribution in [3.05, 3.63) is 18.0 Å². The monoisotopic (exact) mass is 316 g/mol. The second-order valence-electron chi connectivity index (χ2n) is 5.87. The third-order valence-electron chi connectivity index (χ3n) is 4.63. The zero-order valence-electron chi connectivity index (χ0n) is 12.4. The van der Waals surface area contributed by atoms with E-state index in [1.165, 1.54) is 6.20 Å². The van der Waals surface area contributed by atoms with E-state index >= 15 is 0 Å². The van der Waals surface area contributed by atoms with Gasteiger partial charge in [0.2, 0.25) is 5.95 Å². The van der Waals surface area contributed by atoms with Crippen LogP contribution in [-0.4, -0.2) is 60.3 Å². The van der Waals surface area contributed by atoms with Gasteiger partial charge < -0.3 is 9.64 Å². The summed E-state index contributed by atoms with van der Waals surface area (Å²) >= 11 is 0. The first-order valence-electron chi connectivity index (χ1n) is 7.34. The van der Waals surface area contributed by atoms with Crippen molar-refractivity contribution in [1.82, 2.24) is 14.9 Å². The van der Waals surface area contributed by atoms with Crippen LogP contribution < -0.4 is 4.90 Å². The van der Waals surface area contributed by atoms with Crippen molar-refractivity contribution >= 4 is 5.95 Å². The lowest BCUT2D eigenvalue weighted by Gasteiger charge is -2.50. The molecule has 0 radical (unpaired) electrons. The van der Waals surface area contributed by atoms with Crippen molar-refractivity contribution in [1.29, 1.82) is 0 Å². The van der Waals surface area contributed by atoms with Gasteiger partial charge in [-0.15, -0.1) is 0 Å². The lowest BCUT2D eigenvalue weighted by atomic mass is 9.84. The molecule has 1 unspecified atom stereocenters. The van der Waals surface area contributed by atoms with E-state index in [1.807, 2.05) is 4.90 Å². The van der Waals surface area contributed by atoms with Gasteiger partial charge in [-0.25, -0.2) is 9.97 Å². The van der Waals surface area contributed by atoms with Crippen molar-refractivity contribution in [2.75, 3.05) is 44.8 Å². The highest BCUT2D eigenvalue weighted by Gasteiger charge is 2.49. The lowest BCUT2D eigenvalue weighted by molar-refractivity contribution is -0.141. The van der Waals surface area contributed by atoms with Crippen LogP contribution in [0.15, 0.2) is 12.3 Å². The van der Waals surface area contributed by atoms with Gasteiger partial charge in [0.05, 0.1) is 6.61 Å². The van der Waals surface area contributed by atoms with Gasteiger partial charge in [0.1, 0.15) is 5.69 Å². The molecule has 0 aliphatic carbocycles. The first-order chi connectivity index (χ1) is 10.4. The van der Waals surface area contributed by atoms with Crippen LogP contribution in [0.2, 0.25) is 0 Å². The minimum Gasteiger partial charge on any atom is -0.383 e. The zero-order chi connectivity index (χ0) is 15.8. The summed E-state index contributed by atoms with van der Waals surface area (Å²) in [6.45, 7) is 3.90. The normalized spacial score (nSPS) is 25.7. The minimum absolute atomic E-state index is 0.0517. The topological polar surface area (TPSA) is 41.5 Å². The van der Waals surface area contributed by atoms with Crippen molar-refractivity contribution in [3.8, 4) is 0 Å². The van der Waals surface area contributed by atoms with Crippen LogP contribution in [0.1, 0.15) is 18.5 Å². The molecule has 1 aromatic rings. The van der Waals surface area contributed by atoms with Gasteiger partial charge in [0, 0.05) is 45.0 Å². The molecule has 0 amide bonds. The fourth-order valence-electron chi connectivity index (χ4n) is 3.28. The highest BCUT2D eigenvalue weighted by molar-refractivity contribution is 5.36. The molecule has 0 N–H and O–H groups in total. The summed E-state index contributed by atoms with van der Waals surface area (Å²) in [6, 6.07) is 0.906. The Morgan fingerprint density at radius 3 is 2.73 bits per heavy atom. The Balaban J connectivity index is 1.71. The zero-order valence-corrected chi connectivity index (χ0v) is 12.4. The SMILES string of the molecule is COCCN1CCC12CCN(c1nccc(C(F)(F)F)n1)C2. The van der Waals surface area contributed by atoms with Gasteiger partial charge in [0.15, 0.2) is 0 Å². The van der Waals surface area contributed by atoms with Crippen LogP contribution in [0.25, 0.3) is 0 Å². The maximum absolute atomic E-state index is 12.8. The number of nitrogens with zero attached hydrogens (tertiary/aromatic N) is 4. The van der Waals surface area contributed by atoms with E-state index in [0.717, 1.165) is 32.0 Å². The van der Waals surface area contributed by atoms with Crippen molar-refractivity contribution < 1.29 is 17.9 Å². The second-order valence-corrected chi connectivity index (χ2v) is 5.87. The van der Waals surface area contributed by atoms with Crippen LogP contribution in [-0.2, 0) is 10.9 Å². The molecule has 2 aliphatic rings. The Kier molecular flexibility index (Phi) is 3.98. The second kappa shape index (κ2) is 5.66. The van der Waals surface area contributed by atoms with E-state index in [0.29, 0.717) is 19.7 Å². The molecule has 2 fully saturated rings. The number of likely N-dealkylation sites (tertiary alicyclic amines) is 1. The molecule has 3 rings (SSSR count). The molecule has 8 heteroatoms. The van der Waals surface area contributed by atoms with Gasteiger partial charge in [-0.3, -0.25) is 4.90 Å². The fraction of sp³-hybridized carbons (Fsp3) is 0.714. The number of methoxy groups -OCH3 is 1. The molecule has 5 nitrogen and oxygen atoms in total. The molecule has 0 bridgehead atoms. The predicted molar refractivity (Wildman–Crippen MR) is 74.7 cm³/mol. The van der Waals surface area contributed by atoms with Gasteiger partial charge in [-0.2, -0.15) is 13.2 Å². The molecule has 2 saturated heterocycles. The fourth-order valence-corrected chi connectivity index (χ4v) is 3.28. The summed E-state index contributed by atoms with van der Waals surface area (Å²) < 4.78 is 43.4. The average molecular weight is 316 g/mol. The number of hydrogen-bond donors (Lipinski definition) is 0.